The van der Waals surface area contributed by atoms with Gasteiger partial charge in [-0.05, 0) is 32.6 Å². The molecule has 6 heteroatoms. The van der Waals surface area contributed by atoms with Gasteiger partial charge in [0.25, 0.3) is 0 Å². The van der Waals surface area contributed by atoms with E-state index in [0.717, 1.165) is 25.3 Å². The van der Waals surface area contributed by atoms with Crippen molar-refractivity contribution in [2.24, 2.45) is 4.99 Å². The Morgan fingerprint density at radius 1 is 1.10 bits per heavy atom. The zero-order valence-corrected chi connectivity index (χ0v) is 14.6. The van der Waals surface area contributed by atoms with Gasteiger partial charge in [0.2, 0.25) is 5.91 Å². The number of aliphatic imine (C=N–C) groups is 1. The molecule has 20 heavy (non-hydrogen) atoms. The molecule has 0 radical (unpaired) electrons. The molecule has 0 heterocycles. The van der Waals surface area contributed by atoms with E-state index in [1.807, 2.05) is 0 Å². The van der Waals surface area contributed by atoms with Gasteiger partial charge in [-0.2, -0.15) is 0 Å². The summed E-state index contributed by atoms with van der Waals surface area (Å²) in [4.78, 5) is 16.2. The van der Waals surface area contributed by atoms with Gasteiger partial charge in [-0.3, -0.25) is 9.79 Å². The van der Waals surface area contributed by atoms with Gasteiger partial charge in [0.1, 0.15) is 0 Å². The Labute approximate surface area is 138 Å². The van der Waals surface area contributed by atoms with Crippen LogP contribution in [-0.2, 0) is 4.79 Å². The van der Waals surface area contributed by atoms with Crippen molar-refractivity contribution in [2.45, 2.75) is 64.0 Å². The van der Waals surface area contributed by atoms with Crippen molar-refractivity contribution in [2.75, 3.05) is 13.1 Å². The molecule has 0 unspecified atom stereocenters. The predicted molar refractivity (Wildman–Crippen MR) is 92.6 cm³/mol. The Hall–Kier alpha value is -0.530. The number of rotatable bonds is 6. The fourth-order valence-electron chi connectivity index (χ4n) is 2.38. The van der Waals surface area contributed by atoms with Crippen molar-refractivity contribution >= 4 is 35.8 Å². The maximum absolute atomic E-state index is 11.8. The Morgan fingerprint density at radius 3 is 2.35 bits per heavy atom. The van der Waals surface area contributed by atoms with Crippen LogP contribution in [0.25, 0.3) is 0 Å². The number of nitrogens with one attached hydrogen (secondary N) is 3. The number of carbonyl (C=O) groups is 1. The minimum atomic E-state index is 0. The Bertz CT molecular complexity index is 325. The number of hydrogen-bond donors (Lipinski definition) is 3. The monoisotopic (exact) mass is 394 g/mol. The van der Waals surface area contributed by atoms with Crippen LogP contribution in [0.1, 0.15) is 51.9 Å². The van der Waals surface area contributed by atoms with Crippen LogP contribution in [0.3, 0.4) is 0 Å². The van der Waals surface area contributed by atoms with E-state index in [1.54, 1.807) is 0 Å². The van der Waals surface area contributed by atoms with Crippen LogP contribution in [0, 0.1) is 0 Å². The Balaban J connectivity index is 0.00000200. The highest BCUT2D eigenvalue weighted by molar-refractivity contribution is 14.0. The van der Waals surface area contributed by atoms with E-state index in [0.29, 0.717) is 25.0 Å². The molecule has 3 N–H and O–H groups in total. The molecule has 116 valence electrons. The predicted octanol–water partition coefficient (Wildman–Crippen LogP) is 1.77. The number of hydrogen-bond acceptors (Lipinski definition) is 2. The molecule has 0 aliphatic heterocycles. The summed E-state index contributed by atoms with van der Waals surface area (Å²) in [5.41, 5.74) is 0. The molecule has 5 nitrogen and oxygen atoms in total. The first kappa shape index (κ1) is 17.5. The maximum Gasteiger partial charge on any atom is 0.222 e. The summed E-state index contributed by atoms with van der Waals surface area (Å²) in [5.74, 6) is 0.983. The topological polar surface area (TPSA) is 65.5 Å². The second-order valence-corrected chi connectivity index (χ2v) is 5.48. The molecule has 1 amide bonds. The highest BCUT2D eigenvalue weighted by Crippen LogP contribution is 2.18. The lowest BCUT2D eigenvalue weighted by molar-refractivity contribution is -0.121. The smallest absolute Gasteiger partial charge is 0.222 e. The second-order valence-electron chi connectivity index (χ2n) is 5.48. The van der Waals surface area contributed by atoms with E-state index >= 15 is 0 Å². The lowest BCUT2D eigenvalue weighted by Gasteiger charge is -2.12. The molecule has 0 aromatic rings. The molecule has 2 aliphatic rings. The number of carbonyl (C=O) groups excluding carboxylic acids is 1. The fourth-order valence-corrected chi connectivity index (χ4v) is 2.38. The van der Waals surface area contributed by atoms with Crippen LogP contribution >= 0.6 is 24.0 Å². The minimum Gasteiger partial charge on any atom is -0.357 e. The van der Waals surface area contributed by atoms with Crippen LogP contribution in [0.4, 0.5) is 0 Å². The van der Waals surface area contributed by atoms with E-state index in [9.17, 15) is 4.79 Å². The largest absolute Gasteiger partial charge is 0.357 e. The third kappa shape index (κ3) is 6.76. The zero-order chi connectivity index (χ0) is 13.5. The molecular formula is C14H27IN4O. The van der Waals surface area contributed by atoms with Crippen LogP contribution in [0.2, 0.25) is 0 Å². The molecule has 2 rings (SSSR count). The first-order valence-corrected chi connectivity index (χ1v) is 7.62. The van der Waals surface area contributed by atoms with E-state index in [-0.39, 0.29) is 29.9 Å². The van der Waals surface area contributed by atoms with Crippen molar-refractivity contribution in [1.29, 1.82) is 0 Å². The molecule has 0 aromatic heterocycles. The highest BCUT2D eigenvalue weighted by Gasteiger charge is 2.22. The Kier molecular flexibility index (Phi) is 8.25. The average molecular weight is 394 g/mol. The Morgan fingerprint density at radius 2 is 1.75 bits per heavy atom. The SMILES string of the molecule is CCNC(=NCCC(=O)NC1CCCC1)NC1CC1.I. The zero-order valence-electron chi connectivity index (χ0n) is 12.3. The van der Waals surface area contributed by atoms with Crippen molar-refractivity contribution in [3.8, 4) is 0 Å². The summed E-state index contributed by atoms with van der Waals surface area (Å²) in [7, 11) is 0. The van der Waals surface area contributed by atoms with Gasteiger partial charge in [-0.25, -0.2) is 0 Å². The van der Waals surface area contributed by atoms with Crippen LogP contribution < -0.4 is 16.0 Å². The van der Waals surface area contributed by atoms with E-state index in [2.05, 4.69) is 27.9 Å². The molecular weight excluding hydrogens is 367 g/mol. The molecule has 2 aliphatic carbocycles. The summed E-state index contributed by atoms with van der Waals surface area (Å²) < 4.78 is 0. The molecule has 0 aromatic carbocycles. The average Bonchev–Trinajstić information content (AvgIpc) is 3.04. The third-order valence-corrected chi connectivity index (χ3v) is 3.59. The summed E-state index contributed by atoms with van der Waals surface area (Å²) in [6.07, 6.45) is 7.72. The van der Waals surface area contributed by atoms with Crippen LogP contribution in [0.5, 0.6) is 0 Å². The number of nitrogens with zero attached hydrogens (tertiary/aromatic N) is 1. The normalized spacial score (nSPS) is 19.4. The van der Waals surface area contributed by atoms with Crippen LogP contribution in [0.15, 0.2) is 4.99 Å². The molecule has 0 atom stereocenters. The van der Waals surface area contributed by atoms with Crippen LogP contribution in [-0.4, -0.2) is 37.0 Å². The van der Waals surface area contributed by atoms with Crippen molar-refractivity contribution in [3.05, 3.63) is 0 Å². The number of amides is 1. The van der Waals surface area contributed by atoms with Crippen molar-refractivity contribution in [1.82, 2.24) is 16.0 Å². The third-order valence-electron chi connectivity index (χ3n) is 3.59. The molecule has 0 saturated heterocycles. The maximum atomic E-state index is 11.8. The number of halogens is 1. The standard InChI is InChI=1S/C14H26N4O.HI/c1-2-15-14(18-12-7-8-12)16-10-9-13(19)17-11-5-3-4-6-11;/h11-12H,2-10H2,1H3,(H,17,19)(H2,15,16,18);1H. The lowest BCUT2D eigenvalue weighted by Crippen LogP contribution is -2.39. The first-order chi connectivity index (χ1) is 9.28. The molecule has 0 bridgehead atoms. The van der Waals surface area contributed by atoms with Crippen molar-refractivity contribution < 1.29 is 4.79 Å². The molecule has 0 spiro atoms. The van der Waals surface area contributed by atoms with Crippen molar-refractivity contribution in [3.63, 3.8) is 0 Å². The summed E-state index contributed by atoms with van der Waals surface area (Å²) in [6, 6.07) is 0.999. The quantitative estimate of drug-likeness (QED) is 0.366. The highest BCUT2D eigenvalue weighted by atomic mass is 127. The van der Waals surface area contributed by atoms with E-state index in [4.69, 9.17) is 0 Å². The fraction of sp³-hybridized carbons (Fsp3) is 0.857. The summed E-state index contributed by atoms with van der Waals surface area (Å²) in [5, 5.41) is 9.64. The second kappa shape index (κ2) is 9.41. The van der Waals surface area contributed by atoms with Gasteiger partial charge in [-0.15, -0.1) is 24.0 Å². The summed E-state index contributed by atoms with van der Waals surface area (Å²) >= 11 is 0. The van der Waals surface area contributed by atoms with Gasteiger partial charge in [-0.1, -0.05) is 12.8 Å². The van der Waals surface area contributed by atoms with Gasteiger partial charge >= 0.3 is 0 Å². The molecule has 2 saturated carbocycles. The van der Waals surface area contributed by atoms with Gasteiger partial charge in [0, 0.05) is 25.0 Å². The number of guanidine groups is 1. The van der Waals surface area contributed by atoms with Gasteiger partial charge < -0.3 is 16.0 Å². The first-order valence-electron chi connectivity index (χ1n) is 7.62. The van der Waals surface area contributed by atoms with E-state index < -0.39 is 0 Å². The minimum absolute atomic E-state index is 0. The van der Waals surface area contributed by atoms with Gasteiger partial charge in [0.05, 0.1) is 6.54 Å². The summed E-state index contributed by atoms with van der Waals surface area (Å²) in [6.45, 7) is 3.46. The lowest BCUT2D eigenvalue weighted by atomic mass is 10.2. The van der Waals surface area contributed by atoms with Gasteiger partial charge in [0.15, 0.2) is 5.96 Å². The van der Waals surface area contributed by atoms with E-state index in [1.165, 1.54) is 25.7 Å². The molecule has 2 fully saturated rings.